The number of nitrogens with one attached hydrogen (secondary N) is 1. The molecular weight excluding hydrogens is 194 g/mol. The van der Waals surface area contributed by atoms with Crippen molar-refractivity contribution >= 4 is 11.8 Å². The van der Waals surface area contributed by atoms with Crippen LogP contribution in [0.2, 0.25) is 0 Å². The summed E-state index contributed by atoms with van der Waals surface area (Å²) in [5, 5.41) is 13.6. The number of hydrogen-bond donors (Lipinski definition) is 2. The maximum absolute atomic E-state index is 9.60. The highest BCUT2D eigenvalue weighted by Crippen LogP contribution is 2.33. The van der Waals surface area contributed by atoms with Crippen LogP contribution in [0.4, 0.5) is 0 Å². The third-order valence-electron chi connectivity index (χ3n) is 2.41. The zero-order chi connectivity index (χ0) is 9.80. The van der Waals surface area contributed by atoms with Gasteiger partial charge in [0.05, 0.1) is 0 Å². The zero-order valence-corrected chi connectivity index (χ0v) is 8.89. The number of rotatable bonds is 2. The second-order valence-electron chi connectivity index (χ2n) is 3.55. The summed E-state index contributed by atoms with van der Waals surface area (Å²) >= 11 is 1.78. The molecule has 14 heavy (non-hydrogen) atoms. The molecule has 0 saturated carbocycles. The van der Waals surface area contributed by atoms with Gasteiger partial charge in [-0.3, -0.25) is 0 Å². The predicted molar refractivity (Wildman–Crippen MR) is 59.9 cm³/mol. The van der Waals surface area contributed by atoms with Gasteiger partial charge in [0, 0.05) is 16.7 Å². The van der Waals surface area contributed by atoms with Crippen LogP contribution in [0.3, 0.4) is 0 Å². The van der Waals surface area contributed by atoms with Gasteiger partial charge in [0.15, 0.2) is 0 Å². The molecule has 1 saturated heterocycles. The van der Waals surface area contributed by atoms with Crippen LogP contribution in [-0.2, 0) is 0 Å². The molecule has 1 fully saturated rings. The van der Waals surface area contributed by atoms with E-state index in [1.807, 2.05) is 18.2 Å². The van der Waals surface area contributed by atoms with Crippen molar-refractivity contribution in [3.05, 3.63) is 24.3 Å². The van der Waals surface area contributed by atoms with E-state index >= 15 is 0 Å². The normalized spacial score (nSPS) is 22.1. The van der Waals surface area contributed by atoms with Crippen molar-refractivity contribution in [2.75, 3.05) is 13.1 Å². The number of para-hydroxylation sites is 1. The van der Waals surface area contributed by atoms with Gasteiger partial charge in [-0.25, -0.2) is 0 Å². The highest BCUT2D eigenvalue weighted by molar-refractivity contribution is 8.00. The molecule has 0 spiro atoms. The minimum atomic E-state index is 0.406. The van der Waals surface area contributed by atoms with E-state index in [0.717, 1.165) is 18.0 Å². The quantitative estimate of drug-likeness (QED) is 0.783. The summed E-state index contributed by atoms with van der Waals surface area (Å²) in [6, 6.07) is 7.56. The number of phenolic OH excluding ortho intramolecular Hbond substituents is 1. The molecule has 1 heterocycles. The lowest BCUT2D eigenvalue weighted by atomic mass is 10.2. The molecule has 0 amide bonds. The van der Waals surface area contributed by atoms with Crippen molar-refractivity contribution in [2.24, 2.45) is 0 Å². The Bertz CT molecular complexity index is 297. The van der Waals surface area contributed by atoms with Crippen LogP contribution in [0.25, 0.3) is 0 Å². The molecule has 1 aliphatic heterocycles. The van der Waals surface area contributed by atoms with Crippen molar-refractivity contribution < 1.29 is 5.11 Å². The lowest BCUT2D eigenvalue weighted by Gasteiger charge is -2.22. The Kier molecular flexibility index (Phi) is 3.32. The maximum atomic E-state index is 9.60. The van der Waals surface area contributed by atoms with Crippen LogP contribution in [0.1, 0.15) is 12.8 Å². The fourth-order valence-electron chi connectivity index (χ4n) is 1.66. The van der Waals surface area contributed by atoms with E-state index in [1.54, 1.807) is 17.8 Å². The molecule has 1 unspecified atom stereocenters. The van der Waals surface area contributed by atoms with Crippen LogP contribution >= 0.6 is 11.8 Å². The van der Waals surface area contributed by atoms with Crippen molar-refractivity contribution in [1.29, 1.82) is 0 Å². The van der Waals surface area contributed by atoms with Gasteiger partial charge < -0.3 is 10.4 Å². The first-order valence-corrected chi connectivity index (χ1v) is 5.89. The zero-order valence-electron chi connectivity index (χ0n) is 8.07. The highest BCUT2D eigenvalue weighted by Gasteiger charge is 2.15. The van der Waals surface area contributed by atoms with E-state index in [9.17, 15) is 5.11 Å². The van der Waals surface area contributed by atoms with Gasteiger partial charge in [0.2, 0.25) is 0 Å². The standard InChI is InChI=1S/C11H15NOS/c13-10-5-1-2-6-11(10)14-9-4-3-7-12-8-9/h1-2,5-6,9,12-13H,3-4,7-8H2. The lowest BCUT2D eigenvalue weighted by molar-refractivity contribution is 0.461. The van der Waals surface area contributed by atoms with E-state index in [1.165, 1.54) is 12.8 Å². The second-order valence-corrected chi connectivity index (χ2v) is 4.90. The summed E-state index contributed by atoms with van der Waals surface area (Å²) < 4.78 is 0. The van der Waals surface area contributed by atoms with E-state index in [2.05, 4.69) is 5.32 Å². The first-order chi connectivity index (χ1) is 6.86. The first kappa shape index (κ1) is 9.87. The summed E-state index contributed by atoms with van der Waals surface area (Å²) in [6.45, 7) is 2.19. The van der Waals surface area contributed by atoms with Crippen LogP contribution in [0, 0.1) is 0 Å². The largest absolute Gasteiger partial charge is 0.507 e. The lowest BCUT2D eigenvalue weighted by Crippen LogP contribution is -2.31. The minimum absolute atomic E-state index is 0.406. The average molecular weight is 209 g/mol. The fourth-order valence-corrected chi connectivity index (χ4v) is 2.85. The second kappa shape index (κ2) is 4.71. The molecule has 3 heteroatoms. The monoisotopic (exact) mass is 209 g/mol. The summed E-state index contributed by atoms with van der Waals surface area (Å²) in [4.78, 5) is 1.00. The Balaban J connectivity index is 1.99. The molecule has 2 nitrogen and oxygen atoms in total. The van der Waals surface area contributed by atoms with Crippen LogP contribution in [0.15, 0.2) is 29.2 Å². The molecule has 1 aromatic carbocycles. The fraction of sp³-hybridized carbons (Fsp3) is 0.455. The number of thioether (sulfide) groups is 1. The van der Waals surface area contributed by atoms with Gasteiger partial charge in [0.1, 0.15) is 5.75 Å². The third kappa shape index (κ3) is 2.42. The van der Waals surface area contributed by atoms with Crippen LogP contribution in [-0.4, -0.2) is 23.4 Å². The average Bonchev–Trinajstić information content (AvgIpc) is 2.23. The van der Waals surface area contributed by atoms with Crippen molar-refractivity contribution in [3.8, 4) is 5.75 Å². The van der Waals surface area contributed by atoms with Gasteiger partial charge >= 0.3 is 0 Å². The van der Waals surface area contributed by atoms with E-state index in [-0.39, 0.29) is 0 Å². The van der Waals surface area contributed by atoms with E-state index in [0.29, 0.717) is 11.0 Å². The van der Waals surface area contributed by atoms with Crippen LogP contribution in [0.5, 0.6) is 5.75 Å². The Morgan fingerprint density at radius 2 is 2.21 bits per heavy atom. The number of phenols is 1. The molecular formula is C11H15NOS. The molecule has 1 aliphatic rings. The Hall–Kier alpha value is -0.670. The summed E-state index contributed by atoms with van der Waals surface area (Å²) in [5.74, 6) is 0.406. The van der Waals surface area contributed by atoms with Crippen molar-refractivity contribution in [1.82, 2.24) is 5.32 Å². The van der Waals surface area contributed by atoms with E-state index in [4.69, 9.17) is 0 Å². The van der Waals surface area contributed by atoms with E-state index < -0.39 is 0 Å². The Morgan fingerprint density at radius 3 is 2.93 bits per heavy atom. The molecule has 2 rings (SSSR count). The molecule has 0 bridgehead atoms. The number of piperidine rings is 1. The molecule has 0 radical (unpaired) electrons. The van der Waals surface area contributed by atoms with Crippen molar-refractivity contribution in [2.45, 2.75) is 23.0 Å². The first-order valence-electron chi connectivity index (χ1n) is 5.01. The Labute approximate surface area is 88.7 Å². The highest BCUT2D eigenvalue weighted by atomic mass is 32.2. The number of aromatic hydroxyl groups is 1. The maximum Gasteiger partial charge on any atom is 0.129 e. The van der Waals surface area contributed by atoms with Crippen LogP contribution < -0.4 is 5.32 Å². The van der Waals surface area contributed by atoms with Gasteiger partial charge in [-0.1, -0.05) is 12.1 Å². The summed E-state index contributed by atoms with van der Waals surface area (Å²) in [6.07, 6.45) is 2.48. The molecule has 0 aliphatic carbocycles. The van der Waals surface area contributed by atoms with Gasteiger partial charge in [-0.15, -0.1) is 11.8 Å². The smallest absolute Gasteiger partial charge is 0.129 e. The van der Waals surface area contributed by atoms with Gasteiger partial charge in [-0.2, -0.15) is 0 Å². The molecule has 2 N–H and O–H groups in total. The number of hydrogen-bond acceptors (Lipinski definition) is 3. The SMILES string of the molecule is Oc1ccccc1SC1CCCNC1. The van der Waals surface area contributed by atoms with Gasteiger partial charge in [0.25, 0.3) is 0 Å². The topological polar surface area (TPSA) is 32.3 Å². The number of benzene rings is 1. The molecule has 76 valence electrons. The molecule has 1 aromatic rings. The Morgan fingerprint density at radius 1 is 1.36 bits per heavy atom. The summed E-state index contributed by atoms with van der Waals surface area (Å²) in [5.41, 5.74) is 0. The minimum Gasteiger partial charge on any atom is -0.507 e. The predicted octanol–water partition coefficient (Wildman–Crippen LogP) is 2.24. The third-order valence-corrected chi connectivity index (χ3v) is 3.75. The van der Waals surface area contributed by atoms with Crippen molar-refractivity contribution in [3.63, 3.8) is 0 Å². The summed E-state index contributed by atoms with van der Waals surface area (Å²) in [7, 11) is 0. The molecule has 1 atom stereocenters. The molecule has 0 aromatic heterocycles. The van der Waals surface area contributed by atoms with Gasteiger partial charge in [-0.05, 0) is 31.5 Å².